The summed E-state index contributed by atoms with van der Waals surface area (Å²) < 4.78 is 5.24. The van der Waals surface area contributed by atoms with Crippen LogP contribution in [0.3, 0.4) is 0 Å². The summed E-state index contributed by atoms with van der Waals surface area (Å²) in [7, 11) is 0. The van der Waals surface area contributed by atoms with Crippen LogP contribution in [0, 0.1) is 0 Å². The van der Waals surface area contributed by atoms with E-state index in [0.29, 0.717) is 6.71 Å². The fourth-order valence-electron chi connectivity index (χ4n) is 6.66. The number of hydrogen-bond acceptors (Lipinski definition) is 3. The fourth-order valence-corrected chi connectivity index (χ4v) is 9.42. The number of rotatable bonds is 5. The highest BCUT2D eigenvalue weighted by atomic mass is 32.1. The van der Waals surface area contributed by atoms with E-state index in [9.17, 15) is 0 Å². The fraction of sp³-hybridized carbons (Fsp3) is 0.541. The zero-order valence-corrected chi connectivity index (χ0v) is 28.5. The van der Waals surface area contributed by atoms with Gasteiger partial charge in [0.15, 0.2) is 0 Å². The van der Waals surface area contributed by atoms with E-state index in [1.165, 1.54) is 86.6 Å². The van der Waals surface area contributed by atoms with Crippen molar-refractivity contribution in [1.82, 2.24) is 9.55 Å². The molecule has 2 aliphatic carbocycles. The predicted molar refractivity (Wildman–Crippen MR) is 187 cm³/mol. The van der Waals surface area contributed by atoms with Crippen molar-refractivity contribution < 1.29 is 0 Å². The van der Waals surface area contributed by atoms with E-state index in [0.717, 1.165) is 11.7 Å². The number of nitrogens with zero attached hydrogens (tertiary/aromatic N) is 2. The van der Waals surface area contributed by atoms with Crippen LogP contribution in [0.4, 0.5) is 0 Å². The summed E-state index contributed by atoms with van der Waals surface area (Å²) in [6.45, 7) is 14.6. The Morgan fingerprint density at radius 3 is 1.69 bits per heavy atom. The standard InChI is InChI=1S/C22H33BS2.C15H18N2/c1-21(2,3)16-12-19(24-14-16)23(18-10-8-7-9-11-18)20-13-17(15-25-20)22(4,5)6;1-2-4-13(5-3-1)14-6-8-15(9-7-14)17-11-10-16-12-17/h12-15,18H,7-11H2,1-6H3;6-13H,1-5H2. The maximum atomic E-state index is 4.07. The maximum Gasteiger partial charge on any atom is 0.238 e. The number of imidazole rings is 1. The van der Waals surface area contributed by atoms with E-state index in [1.807, 2.05) is 46.0 Å². The summed E-state index contributed by atoms with van der Waals surface area (Å²) in [5.41, 5.74) is 6.20. The first-order valence-corrected chi connectivity index (χ1v) is 18.1. The molecule has 2 fully saturated rings. The number of benzene rings is 1. The van der Waals surface area contributed by atoms with Crippen LogP contribution in [0.25, 0.3) is 5.69 Å². The Kier molecular flexibility index (Phi) is 10.2. The molecule has 42 heavy (non-hydrogen) atoms. The van der Waals surface area contributed by atoms with Gasteiger partial charge in [-0.25, -0.2) is 4.98 Å². The average molecular weight is 599 g/mol. The summed E-state index contributed by atoms with van der Waals surface area (Å²) in [5, 5.41) is 4.81. The van der Waals surface area contributed by atoms with Crippen molar-refractivity contribution in [2.75, 3.05) is 0 Å². The third-order valence-electron chi connectivity index (χ3n) is 9.48. The molecule has 4 aromatic rings. The van der Waals surface area contributed by atoms with Crippen molar-refractivity contribution in [1.29, 1.82) is 0 Å². The molecule has 0 N–H and O–H groups in total. The molecule has 5 heteroatoms. The summed E-state index contributed by atoms with van der Waals surface area (Å²) in [6, 6.07) is 14.0. The first-order chi connectivity index (χ1) is 20.1. The van der Waals surface area contributed by atoms with Crippen LogP contribution in [-0.2, 0) is 10.8 Å². The van der Waals surface area contributed by atoms with Crippen LogP contribution in [-0.4, -0.2) is 16.3 Å². The molecular formula is C37H51BN2S2. The molecule has 0 amide bonds. The second-order valence-corrected chi connectivity index (χ2v) is 16.6. The van der Waals surface area contributed by atoms with Gasteiger partial charge in [0.05, 0.1) is 6.33 Å². The zero-order valence-electron chi connectivity index (χ0n) is 26.9. The molecule has 0 spiro atoms. The normalized spacial score (nSPS) is 17.1. The van der Waals surface area contributed by atoms with Gasteiger partial charge in [-0.3, -0.25) is 0 Å². The first kappa shape index (κ1) is 31.3. The van der Waals surface area contributed by atoms with Gasteiger partial charge in [-0.05, 0) is 78.7 Å². The molecule has 3 heterocycles. The molecule has 2 saturated carbocycles. The van der Waals surface area contributed by atoms with Crippen LogP contribution >= 0.6 is 22.7 Å². The summed E-state index contributed by atoms with van der Waals surface area (Å²) >= 11 is 3.99. The van der Waals surface area contributed by atoms with Crippen LogP contribution in [0.5, 0.6) is 0 Å². The van der Waals surface area contributed by atoms with Gasteiger partial charge >= 0.3 is 0 Å². The molecule has 0 saturated heterocycles. The van der Waals surface area contributed by atoms with Gasteiger partial charge in [0.2, 0.25) is 6.71 Å². The van der Waals surface area contributed by atoms with Crippen LogP contribution in [0.15, 0.2) is 65.9 Å². The first-order valence-electron chi connectivity index (χ1n) is 16.4. The second-order valence-electron chi connectivity index (χ2n) is 14.7. The maximum absolute atomic E-state index is 4.07. The number of thiophene rings is 2. The molecule has 0 atom stereocenters. The lowest BCUT2D eigenvalue weighted by molar-refractivity contribution is 0.443. The Morgan fingerprint density at radius 2 is 1.24 bits per heavy atom. The highest BCUT2D eigenvalue weighted by molar-refractivity contribution is 7.31. The highest BCUT2D eigenvalue weighted by Crippen LogP contribution is 2.35. The molecule has 0 radical (unpaired) electrons. The second kappa shape index (κ2) is 13.7. The third kappa shape index (κ3) is 7.88. The third-order valence-corrected chi connectivity index (χ3v) is 11.5. The average Bonchev–Trinajstić information content (AvgIpc) is 3.77. The molecule has 3 aromatic heterocycles. The molecule has 0 unspecified atom stereocenters. The van der Waals surface area contributed by atoms with Crippen molar-refractivity contribution in [3.63, 3.8) is 0 Å². The molecule has 2 aliphatic rings. The molecule has 0 bridgehead atoms. The van der Waals surface area contributed by atoms with Gasteiger partial charge in [-0.1, -0.05) is 123 Å². The minimum absolute atomic E-state index is 0.248. The Labute approximate surface area is 264 Å². The van der Waals surface area contributed by atoms with Crippen molar-refractivity contribution in [3.8, 4) is 5.69 Å². The monoisotopic (exact) mass is 598 g/mol. The van der Waals surface area contributed by atoms with Crippen LogP contribution in [0.2, 0.25) is 5.82 Å². The lowest BCUT2D eigenvalue weighted by Crippen LogP contribution is -2.44. The van der Waals surface area contributed by atoms with Gasteiger partial charge in [0.25, 0.3) is 0 Å². The van der Waals surface area contributed by atoms with Crippen molar-refractivity contribution in [3.05, 3.63) is 82.6 Å². The van der Waals surface area contributed by atoms with E-state index in [4.69, 9.17) is 0 Å². The minimum atomic E-state index is 0.248. The summed E-state index contributed by atoms with van der Waals surface area (Å²) in [6.07, 6.45) is 19.6. The minimum Gasteiger partial charge on any atom is -0.306 e. The van der Waals surface area contributed by atoms with Gasteiger partial charge in [-0.2, -0.15) is 22.7 Å². The Morgan fingerprint density at radius 1 is 0.714 bits per heavy atom. The predicted octanol–water partition coefficient (Wildman–Crippen LogP) is 10.3. The molecule has 1 aromatic carbocycles. The van der Waals surface area contributed by atoms with Crippen LogP contribution in [0.1, 0.15) is 128 Å². The number of hydrogen-bond donors (Lipinski definition) is 0. The largest absolute Gasteiger partial charge is 0.306 e. The van der Waals surface area contributed by atoms with Crippen molar-refractivity contribution in [2.45, 2.75) is 128 Å². The van der Waals surface area contributed by atoms with Crippen LogP contribution < -0.4 is 9.55 Å². The van der Waals surface area contributed by atoms with E-state index < -0.39 is 0 Å². The quantitative estimate of drug-likeness (QED) is 0.209. The number of aromatic nitrogens is 2. The van der Waals surface area contributed by atoms with Gasteiger partial charge in [-0.15, -0.1) is 0 Å². The van der Waals surface area contributed by atoms with E-state index >= 15 is 0 Å². The Balaban J connectivity index is 0.000000180. The Bertz CT molecular complexity index is 1300. The zero-order chi connectivity index (χ0) is 29.7. The van der Waals surface area contributed by atoms with Gasteiger partial charge in [0, 0.05) is 18.1 Å². The van der Waals surface area contributed by atoms with Gasteiger partial charge in [0.1, 0.15) is 0 Å². The topological polar surface area (TPSA) is 17.8 Å². The summed E-state index contributed by atoms with van der Waals surface area (Å²) in [4.78, 5) is 4.07. The molecular weight excluding hydrogens is 547 g/mol. The molecule has 0 aliphatic heterocycles. The molecule has 2 nitrogen and oxygen atoms in total. The Hall–Kier alpha value is -2.11. The van der Waals surface area contributed by atoms with E-state index in [-0.39, 0.29) is 10.8 Å². The van der Waals surface area contributed by atoms with Gasteiger partial charge < -0.3 is 4.57 Å². The highest BCUT2D eigenvalue weighted by Gasteiger charge is 2.34. The SMILES string of the molecule is CC(C)(C)c1csc(B(c2cc(C(C)(C)C)cs2)C2CCCCC2)c1.c1cn(-c2ccc(C3CCCCC3)cc2)cn1. The summed E-state index contributed by atoms with van der Waals surface area (Å²) in [5.74, 6) is 1.62. The smallest absolute Gasteiger partial charge is 0.238 e. The van der Waals surface area contributed by atoms with Crippen molar-refractivity contribution in [2.24, 2.45) is 0 Å². The van der Waals surface area contributed by atoms with Crippen molar-refractivity contribution >= 4 is 38.9 Å². The lowest BCUT2D eigenvalue weighted by atomic mass is 9.37. The molecule has 224 valence electrons. The van der Waals surface area contributed by atoms with E-state index in [1.54, 1.807) is 9.55 Å². The lowest BCUT2D eigenvalue weighted by Gasteiger charge is -2.27. The molecule has 6 rings (SSSR count). The van der Waals surface area contributed by atoms with E-state index in [2.05, 4.69) is 93.7 Å².